The lowest BCUT2D eigenvalue weighted by molar-refractivity contribution is -0.116. The van der Waals surface area contributed by atoms with Crippen molar-refractivity contribution in [3.05, 3.63) is 28.8 Å². The minimum absolute atomic E-state index is 0.104. The molecule has 5 heteroatoms. The molecular weight excluding hydrogens is 278 g/mol. The topological polar surface area (TPSA) is 55.4 Å². The quantitative estimate of drug-likeness (QED) is 0.773. The molecule has 0 atom stereocenters. The Labute approximate surface area is 124 Å². The van der Waals surface area contributed by atoms with Crippen molar-refractivity contribution in [2.24, 2.45) is 0 Å². The lowest BCUT2D eigenvalue weighted by atomic mass is 10.2. The highest BCUT2D eigenvalue weighted by Gasteiger charge is 2.11. The molecule has 1 amide bonds. The van der Waals surface area contributed by atoms with E-state index in [4.69, 9.17) is 16.3 Å². The Kier molecular flexibility index (Phi) is 7.09. The zero-order valence-corrected chi connectivity index (χ0v) is 12.6. The SMILES string of the molecule is CCCCC(=O)Nc1cc(C(=O)OCCC)ccc1Cl. The van der Waals surface area contributed by atoms with Gasteiger partial charge in [-0.2, -0.15) is 0 Å². The van der Waals surface area contributed by atoms with Gasteiger partial charge in [0.1, 0.15) is 0 Å². The van der Waals surface area contributed by atoms with Crippen LogP contribution in [0.3, 0.4) is 0 Å². The number of hydrogen-bond acceptors (Lipinski definition) is 3. The van der Waals surface area contributed by atoms with Crippen molar-refractivity contribution in [3.8, 4) is 0 Å². The standard InChI is InChI=1S/C15H20ClNO3/c1-3-5-6-14(18)17-13-10-11(7-8-12(13)16)15(19)20-9-4-2/h7-8,10H,3-6,9H2,1-2H3,(H,17,18). The van der Waals surface area contributed by atoms with Crippen molar-refractivity contribution >= 4 is 29.2 Å². The number of unbranched alkanes of at least 4 members (excludes halogenated alkanes) is 1. The zero-order valence-electron chi connectivity index (χ0n) is 11.9. The number of benzene rings is 1. The van der Waals surface area contributed by atoms with Crippen molar-refractivity contribution in [2.45, 2.75) is 39.5 Å². The van der Waals surface area contributed by atoms with Gasteiger partial charge in [0.2, 0.25) is 5.91 Å². The van der Waals surface area contributed by atoms with Crippen LogP contribution in [0.4, 0.5) is 5.69 Å². The van der Waals surface area contributed by atoms with E-state index in [1.54, 1.807) is 18.2 Å². The summed E-state index contributed by atoms with van der Waals surface area (Å²) in [5, 5.41) is 3.12. The Bertz CT molecular complexity index is 474. The molecular formula is C15H20ClNO3. The van der Waals surface area contributed by atoms with Gasteiger partial charge in [-0.05, 0) is 31.0 Å². The number of halogens is 1. The second kappa shape index (κ2) is 8.59. The lowest BCUT2D eigenvalue weighted by Crippen LogP contribution is -2.12. The van der Waals surface area contributed by atoms with E-state index < -0.39 is 5.97 Å². The molecule has 0 aromatic heterocycles. The van der Waals surface area contributed by atoms with Crippen LogP contribution in [0.25, 0.3) is 0 Å². The summed E-state index contributed by atoms with van der Waals surface area (Å²) in [4.78, 5) is 23.4. The Morgan fingerprint density at radius 2 is 2.00 bits per heavy atom. The maximum absolute atomic E-state index is 11.7. The number of nitrogens with one attached hydrogen (secondary N) is 1. The van der Waals surface area contributed by atoms with E-state index in [9.17, 15) is 9.59 Å². The van der Waals surface area contributed by atoms with Crippen molar-refractivity contribution in [2.75, 3.05) is 11.9 Å². The van der Waals surface area contributed by atoms with Gasteiger partial charge in [-0.15, -0.1) is 0 Å². The number of carbonyl (C=O) groups is 2. The van der Waals surface area contributed by atoms with E-state index in [1.165, 1.54) is 0 Å². The minimum atomic E-state index is -0.410. The van der Waals surface area contributed by atoms with Crippen LogP contribution in [0.1, 0.15) is 49.9 Å². The van der Waals surface area contributed by atoms with Crippen LogP contribution >= 0.6 is 11.6 Å². The zero-order chi connectivity index (χ0) is 15.0. The van der Waals surface area contributed by atoms with Gasteiger partial charge in [0.25, 0.3) is 0 Å². The largest absolute Gasteiger partial charge is 0.462 e. The van der Waals surface area contributed by atoms with Crippen molar-refractivity contribution in [1.82, 2.24) is 0 Å². The molecule has 0 bridgehead atoms. The summed E-state index contributed by atoms with van der Waals surface area (Å²) < 4.78 is 5.05. The van der Waals surface area contributed by atoms with Gasteiger partial charge in [-0.25, -0.2) is 4.79 Å². The van der Waals surface area contributed by atoms with Crippen LogP contribution in [0.2, 0.25) is 5.02 Å². The van der Waals surface area contributed by atoms with Crippen LogP contribution in [-0.2, 0) is 9.53 Å². The fraction of sp³-hybridized carbons (Fsp3) is 0.467. The van der Waals surface area contributed by atoms with Crippen LogP contribution < -0.4 is 5.32 Å². The molecule has 0 aliphatic rings. The fourth-order valence-electron chi connectivity index (χ4n) is 1.58. The second-order valence-electron chi connectivity index (χ2n) is 4.48. The minimum Gasteiger partial charge on any atom is -0.462 e. The van der Waals surface area contributed by atoms with E-state index in [2.05, 4.69) is 5.32 Å². The highest BCUT2D eigenvalue weighted by atomic mass is 35.5. The summed E-state index contributed by atoms with van der Waals surface area (Å²) in [5.41, 5.74) is 0.826. The third-order valence-corrected chi connectivity index (χ3v) is 3.00. The van der Waals surface area contributed by atoms with E-state index >= 15 is 0 Å². The molecule has 0 spiro atoms. The first kappa shape index (κ1) is 16.5. The molecule has 0 saturated carbocycles. The molecule has 1 rings (SSSR count). The smallest absolute Gasteiger partial charge is 0.338 e. The van der Waals surface area contributed by atoms with Gasteiger partial charge in [0.05, 0.1) is 22.9 Å². The van der Waals surface area contributed by atoms with Crippen LogP contribution in [0, 0.1) is 0 Å². The third kappa shape index (κ3) is 5.21. The normalized spacial score (nSPS) is 10.2. The van der Waals surface area contributed by atoms with Gasteiger partial charge in [0, 0.05) is 6.42 Å². The number of ether oxygens (including phenoxy) is 1. The molecule has 0 aliphatic carbocycles. The molecule has 0 heterocycles. The number of hydrogen-bond donors (Lipinski definition) is 1. The highest BCUT2D eigenvalue weighted by Crippen LogP contribution is 2.23. The molecule has 20 heavy (non-hydrogen) atoms. The molecule has 1 N–H and O–H groups in total. The maximum atomic E-state index is 11.7. The lowest BCUT2D eigenvalue weighted by Gasteiger charge is -2.09. The Morgan fingerprint density at radius 1 is 1.25 bits per heavy atom. The van der Waals surface area contributed by atoms with Gasteiger partial charge < -0.3 is 10.1 Å². The van der Waals surface area contributed by atoms with Crippen molar-refractivity contribution in [3.63, 3.8) is 0 Å². The molecule has 110 valence electrons. The predicted molar refractivity (Wildman–Crippen MR) is 80.2 cm³/mol. The van der Waals surface area contributed by atoms with Crippen LogP contribution in [0.15, 0.2) is 18.2 Å². The summed E-state index contributed by atoms with van der Waals surface area (Å²) in [6.07, 6.45) is 2.98. The molecule has 0 aliphatic heterocycles. The Balaban J connectivity index is 2.75. The highest BCUT2D eigenvalue weighted by molar-refractivity contribution is 6.33. The summed E-state index contributed by atoms with van der Waals surface area (Å²) >= 11 is 6.02. The molecule has 1 aromatic rings. The number of rotatable bonds is 7. The molecule has 0 unspecified atom stereocenters. The molecule has 4 nitrogen and oxygen atoms in total. The average molecular weight is 298 g/mol. The molecule has 1 aromatic carbocycles. The van der Waals surface area contributed by atoms with E-state index in [0.717, 1.165) is 19.3 Å². The molecule has 0 saturated heterocycles. The van der Waals surface area contributed by atoms with Gasteiger partial charge in [-0.3, -0.25) is 4.79 Å². The summed E-state index contributed by atoms with van der Waals surface area (Å²) in [6, 6.07) is 4.71. The van der Waals surface area contributed by atoms with E-state index in [-0.39, 0.29) is 5.91 Å². The third-order valence-electron chi connectivity index (χ3n) is 2.67. The maximum Gasteiger partial charge on any atom is 0.338 e. The van der Waals surface area contributed by atoms with Gasteiger partial charge in [0.15, 0.2) is 0 Å². The second-order valence-corrected chi connectivity index (χ2v) is 4.89. The van der Waals surface area contributed by atoms with Crippen LogP contribution in [-0.4, -0.2) is 18.5 Å². The number of carbonyl (C=O) groups excluding carboxylic acids is 2. The average Bonchev–Trinajstić information content (AvgIpc) is 2.44. The monoisotopic (exact) mass is 297 g/mol. The first-order valence-corrected chi connectivity index (χ1v) is 7.22. The summed E-state index contributed by atoms with van der Waals surface area (Å²) in [6.45, 7) is 4.32. The number of anilines is 1. The molecule has 0 fully saturated rings. The van der Waals surface area contributed by atoms with E-state index in [1.807, 2.05) is 13.8 Å². The summed E-state index contributed by atoms with van der Waals surface area (Å²) in [7, 11) is 0. The predicted octanol–water partition coefficient (Wildman–Crippen LogP) is 4.04. The number of esters is 1. The van der Waals surface area contributed by atoms with Gasteiger partial charge in [-0.1, -0.05) is 31.9 Å². The van der Waals surface area contributed by atoms with Crippen molar-refractivity contribution in [1.29, 1.82) is 0 Å². The fourth-order valence-corrected chi connectivity index (χ4v) is 1.74. The van der Waals surface area contributed by atoms with Crippen LogP contribution in [0.5, 0.6) is 0 Å². The Morgan fingerprint density at radius 3 is 2.65 bits per heavy atom. The first-order chi connectivity index (χ1) is 9.58. The van der Waals surface area contributed by atoms with E-state index in [0.29, 0.717) is 29.3 Å². The van der Waals surface area contributed by atoms with Gasteiger partial charge >= 0.3 is 5.97 Å². The van der Waals surface area contributed by atoms with Crippen molar-refractivity contribution < 1.29 is 14.3 Å². The summed E-state index contributed by atoms with van der Waals surface area (Å²) in [5.74, 6) is -0.514. The first-order valence-electron chi connectivity index (χ1n) is 6.85. The number of amides is 1. The Hall–Kier alpha value is -1.55. The molecule has 0 radical (unpaired) electrons.